The van der Waals surface area contributed by atoms with Crippen LogP contribution in [0.3, 0.4) is 0 Å². The highest BCUT2D eigenvalue weighted by molar-refractivity contribution is 5.79. The van der Waals surface area contributed by atoms with E-state index < -0.39 is 0 Å². The molecule has 0 unspecified atom stereocenters. The first-order valence-corrected chi connectivity index (χ1v) is 10.8. The summed E-state index contributed by atoms with van der Waals surface area (Å²) in [7, 11) is 0. The summed E-state index contributed by atoms with van der Waals surface area (Å²) in [5, 5.41) is 9.34. The van der Waals surface area contributed by atoms with E-state index in [0.717, 1.165) is 56.7 Å². The first-order valence-electron chi connectivity index (χ1n) is 10.8. The van der Waals surface area contributed by atoms with Crippen LogP contribution < -0.4 is 4.90 Å². The van der Waals surface area contributed by atoms with Crippen LogP contribution in [0.25, 0.3) is 0 Å². The van der Waals surface area contributed by atoms with Crippen molar-refractivity contribution in [1.29, 1.82) is 5.26 Å². The highest BCUT2D eigenvalue weighted by atomic mass is 16.5. The number of ether oxygens (including phenoxy) is 1. The van der Waals surface area contributed by atoms with Crippen molar-refractivity contribution in [2.24, 2.45) is 0 Å². The minimum Gasteiger partial charge on any atom is -0.494 e. The summed E-state index contributed by atoms with van der Waals surface area (Å²) < 4.78 is 5.77. The fourth-order valence-corrected chi connectivity index (χ4v) is 3.63. The lowest BCUT2D eigenvalue weighted by atomic mass is 10.1. The number of amides is 1. The number of anilines is 1. The first kappa shape index (κ1) is 21.6. The quantitative estimate of drug-likeness (QED) is 0.641. The summed E-state index contributed by atoms with van der Waals surface area (Å²) in [4.78, 5) is 21.3. The zero-order valence-electron chi connectivity index (χ0n) is 17.7. The highest BCUT2D eigenvalue weighted by Crippen LogP contribution is 2.20. The molecule has 1 saturated heterocycles. The van der Waals surface area contributed by atoms with Crippen molar-refractivity contribution in [3.05, 3.63) is 59.5 Å². The second-order valence-corrected chi connectivity index (χ2v) is 7.54. The van der Waals surface area contributed by atoms with Crippen LogP contribution in [0.2, 0.25) is 0 Å². The van der Waals surface area contributed by atoms with Gasteiger partial charge in [-0.05, 0) is 49.1 Å². The molecule has 0 bridgehead atoms. The zero-order chi connectivity index (χ0) is 21.2. The Bertz CT molecular complexity index is 866. The molecule has 2 heterocycles. The second-order valence-electron chi connectivity index (χ2n) is 7.54. The number of carbonyl (C=O) groups is 1. The van der Waals surface area contributed by atoms with Crippen LogP contribution in [-0.4, -0.2) is 48.6 Å². The van der Waals surface area contributed by atoms with Crippen molar-refractivity contribution >= 4 is 11.7 Å². The third-order valence-corrected chi connectivity index (χ3v) is 5.34. The third kappa shape index (κ3) is 5.96. The first-order chi connectivity index (χ1) is 14.7. The van der Waals surface area contributed by atoms with Crippen molar-refractivity contribution in [2.45, 2.75) is 39.0 Å². The summed E-state index contributed by atoms with van der Waals surface area (Å²) >= 11 is 0. The average molecular weight is 407 g/mol. The Morgan fingerprint density at radius 1 is 1.23 bits per heavy atom. The molecule has 6 heteroatoms. The van der Waals surface area contributed by atoms with Gasteiger partial charge in [-0.25, -0.2) is 4.98 Å². The monoisotopic (exact) mass is 406 g/mol. The molecule has 1 aliphatic heterocycles. The number of hydrogen-bond acceptors (Lipinski definition) is 5. The van der Waals surface area contributed by atoms with Crippen LogP contribution in [0.15, 0.2) is 54.0 Å². The number of carbonyl (C=O) groups excluding carboxylic acids is 1. The molecule has 30 heavy (non-hydrogen) atoms. The number of allylic oxidation sites excluding steroid dienone is 4. The van der Waals surface area contributed by atoms with Gasteiger partial charge in [0.1, 0.15) is 17.6 Å². The summed E-state index contributed by atoms with van der Waals surface area (Å²) in [6.45, 7) is 5.72. The van der Waals surface area contributed by atoms with Gasteiger partial charge in [-0.3, -0.25) is 4.79 Å². The van der Waals surface area contributed by atoms with Crippen molar-refractivity contribution < 1.29 is 9.53 Å². The summed E-state index contributed by atoms with van der Waals surface area (Å²) in [6, 6.07) is 5.78. The van der Waals surface area contributed by atoms with E-state index in [0.29, 0.717) is 30.9 Å². The molecule has 0 aromatic carbocycles. The molecular weight excluding hydrogens is 376 g/mol. The predicted molar refractivity (Wildman–Crippen MR) is 118 cm³/mol. The van der Waals surface area contributed by atoms with Crippen molar-refractivity contribution in [1.82, 2.24) is 9.88 Å². The Labute approximate surface area is 179 Å². The molecule has 0 atom stereocenters. The molecule has 2 aliphatic rings. The standard InChI is InChI=1S/C24H30N4O2/c1-2-3-17-30-22-9-4-7-20(10-11-22)18-23(29)27-13-6-14-28(16-15-27)24-21(19-25)8-5-12-26-24/h5,7-12H,2-4,6,13-18H2,1H3. The van der Waals surface area contributed by atoms with E-state index in [9.17, 15) is 10.1 Å². The second kappa shape index (κ2) is 11.2. The van der Waals surface area contributed by atoms with Gasteiger partial charge in [0.15, 0.2) is 0 Å². The van der Waals surface area contributed by atoms with Gasteiger partial charge in [0.2, 0.25) is 5.91 Å². The lowest BCUT2D eigenvalue weighted by Gasteiger charge is -2.23. The van der Waals surface area contributed by atoms with E-state index in [4.69, 9.17) is 4.74 Å². The molecule has 0 radical (unpaired) electrons. The Hall–Kier alpha value is -3.07. The lowest BCUT2D eigenvalue weighted by Crippen LogP contribution is -2.35. The van der Waals surface area contributed by atoms with Crippen molar-refractivity contribution in [3.63, 3.8) is 0 Å². The molecule has 0 spiro atoms. The number of nitrogens with zero attached hydrogens (tertiary/aromatic N) is 4. The SMILES string of the molecule is CCCCOC1=CCC=C(CC(=O)N2CCCN(c3ncccc3C#N)CC2)C=C1. The van der Waals surface area contributed by atoms with Gasteiger partial charge in [0, 0.05) is 32.4 Å². The molecule has 1 aliphatic carbocycles. The number of pyridine rings is 1. The van der Waals surface area contributed by atoms with E-state index in [1.807, 2.05) is 17.1 Å². The number of hydrogen-bond donors (Lipinski definition) is 0. The molecule has 0 N–H and O–H groups in total. The molecule has 158 valence electrons. The maximum absolute atomic E-state index is 12.9. The molecular formula is C24H30N4O2. The van der Waals surface area contributed by atoms with Crippen LogP contribution in [0, 0.1) is 11.3 Å². The fourth-order valence-electron chi connectivity index (χ4n) is 3.63. The smallest absolute Gasteiger partial charge is 0.227 e. The molecule has 1 amide bonds. The van der Waals surface area contributed by atoms with Crippen molar-refractivity contribution in [2.75, 3.05) is 37.7 Å². The van der Waals surface area contributed by atoms with Crippen LogP contribution in [-0.2, 0) is 9.53 Å². The summed E-state index contributed by atoms with van der Waals surface area (Å²) in [6.07, 6.45) is 14.0. The molecule has 1 aromatic rings. The lowest BCUT2D eigenvalue weighted by molar-refractivity contribution is -0.130. The van der Waals surface area contributed by atoms with Gasteiger partial charge < -0.3 is 14.5 Å². The van der Waals surface area contributed by atoms with Crippen LogP contribution in [0.1, 0.15) is 44.6 Å². The Kier molecular flexibility index (Phi) is 8.08. The number of unbranched alkanes of at least 4 members (excludes halogenated alkanes) is 1. The van der Waals surface area contributed by atoms with Crippen LogP contribution in [0.4, 0.5) is 5.82 Å². The van der Waals surface area contributed by atoms with E-state index in [1.54, 1.807) is 18.3 Å². The Morgan fingerprint density at radius 2 is 2.13 bits per heavy atom. The zero-order valence-corrected chi connectivity index (χ0v) is 17.7. The number of aromatic nitrogens is 1. The molecule has 1 fully saturated rings. The molecule has 1 aromatic heterocycles. The average Bonchev–Trinajstić information content (AvgIpc) is 3.15. The van der Waals surface area contributed by atoms with E-state index in [2.05, 4.69) is 35.0 Å². The van der Waals surface area contributed by atoms with E-state index in [1.165, 1.54) is 0 Å². The third-order valence-electron chi connectivity index (χ3n) is 5.34. The normalized spacial score (nSPS) is 16.8. The van der Waals surface area contributed by atoms with Gasteiger partial charge in [-0.1, -0.05) is 25.5 Å². The van der Waals surface area contributed by atoms with Gasteiger partial charge in [-0.15, -0.1) is 0 Å². The largest absolute Gasteiger partial charge is 0.494 e. The van der Waals surface area contributed by atoms with Gasteiger partial charge >= 0.3 is 0 Å². The maximum atomic E-state index is 12.9. The van der Waals surface area contributed by atoms with E-state index >= 15 is 0 Å². The Balaban J connectivity index is 1.54. The van der Waals surface area contributed by atoms with Gasteiger partial charge in [0.25, 0.3) is 0 Å². The molecule has 6 nitrogen and oxygen atoms in total. The van der Waals surface area contributed by atoms with E-state index in [-0.39, 0.29) is 5.91 Å². The fraction of sp³-hybridized carbons (Fsp3) is 0.458. The van der Waals surface area contributed by atoms with Crippen LogP contribution in [0.5, 0.6) is 0 Å². The van der Waals surface area contributed by atoms with Crippen molar-refractivity contribution in [3.8, 4) is 6.07 Å². The van der Waals surface area contributed by atoms with Crippen LogP contribution >= 0.6 is 0 Å². The topological polar surface area (TPSA) is 69.5 Å². The van der Waals surface area contributed by atoms with Gasteiger partial charge in [0.05, 0.1) is 18.6 Å². The van der Waals surface area contributed by atoms with Gasteiger partial charge in [-0.2, -0.15) is 5.26 Å². The molecule has 0 saturated carbocycles. The highest BCUT2D eigenvalue weighted by Gasteiger charge is 2.21. The minimum atomic E-state index is 0.143. The number of nitriles is 1. The summed E-state index contributed by atoms with van der Waals surface area (Å²) in [5.74, 6) is 1.74. The maximum Gasteiger partial charge on any atom is 0.227 e. The minimum absolute atomic E-state index is 0.143. The molecule has 3 rings (SSSR count). The predicted octanol–water partition coefficient (Wildman–Crippen LogP) is 3.97. The Morgan fingerprint density at radius 3 is 2.97 bits per heavy atom. The summed E-state index contributed by atoms with van der Waals surface area (Å²) in [5.41, 5.74) is 1.61. The number of rotatable bonds is 7.